The van der Waals surface area contributed by atoms with Gasteiger partial charge in [0.25, 0.3) is 0 Å². The van der Waals surface area contributed by atoms with Gasteiger partial charge in [-0.1, -0.05) is 115 Å². The van der Waals surface area contributed by atoms with Gasteiger partial charge in [0.1, 0.15) is 0 Å². The van der Waals surface area contributed by atoms with E-state index in [0.717, 1.165) is 6.54 Å². The Hall–Kier alpha value is -4.62. The quantitative estimate of drug-likeness (QED) is 0.253. The number of benzene rings is 6. The second kappa shape index (κ2) is 8.80. The topological polar surface area (TPSA) is 12.0 Å². The zero-order valence-electron chi connectivity index (χ0n) is 20.8. The molecule has 1 aliphatic rings. The third kappa shape index (κ3) is 3.72. The van der Waals surface area contributed by atoms with Crippen molar-refractivity contribution in [3.05, 3.63) is 139 Å². The molecular formula is C36H27N. The minimum atomic E-state index is 0.889. The van der Waals surface area contributed by atoms with E-state index in [1.54, 1.807) is 0 Å². The van der Waals surface area contributed by atoms with E-state index in [1.807, 2.05) is 0 Å². The first-order valence-electron chi connectivity index (χ1n) is 12.9. The van der Waals surface area contributed by atoms with Crippen LogP contribution in [-0.4, -0.2) is 6.54 Å². The van der Waals surface area contributed by atoms with Gasteiger partial charge in [-0.2, -0.15) is 0 Å². The summed E-state index contributed by atoms with van der Waals surface area (Å²) >= 11 is 0. The van der Waals surface area contributed by atoms with Gasteiger partial charge in [0, 0.05) is 12.7 Å². The molecular weight excluding hydrogens is 446 g/mol. The molecule has 176 valence electrons. The van der Waals surface area contributed by atoms with Crippen LogP contribution in [0, 0.1) is 6.92 Å². The normalized spacial score (nSPS) is 13.2. The first kappa shape index (κ1) is 21.6. The number of nitrogens with one attached hydrogen (secondary N) is 1. The van der Waals surface area contributed by atoms with Gasteiger partial charge < -0.3 is 5.32 Å². The predicted octanol–water partition coefficient (Wildman–Crippen LogP) is 9.29. The molecule has 37 heavy (non-hydrogen) atoms. The second-order valence-corrected chi connectivity index (χ2v) is 9.90. The van der Waals surface area contributed by atoms with Crippen molar-refractivity contribution in [2.24, 2.45) is 0 Å². The summed E-state index contributed by atoms with van der Waals surface area (Å²) in [6, 6.07) is 40.3. The van der Waals surface area contributed by atoms with E-state index in [0.29, 0.717) is 0 Å². The van der Waals surface area contributed by atoms with Crippen LogP contribution in [0.4, 0.5) is 0 Å². The van der Waals surface area contributed by atoms with E-state index >= 15 is 0 Å². The Bertz CT molecular complexity index is 1830. The molecule has 0 radical (unpaired) electrons. The van der Waals surface area contributed by atoms with Crippen LogP contribution in [0.5, 0.6) is 0 Å². The maximum atomic E-state index is 3.33. The summed E-state index contributed by atoms with van der Waals surface area (Å²) < 4.78 is 0. The first-order valence-corrected chi connectivity index (χ1v) is 12.9. The number of hydrogen-bond acceptors (Lipinski definition) is 1. The van der Waals surface area contributed by atoms with Crippen LogP contribution in [0.25, 0.3) is 60.1 Å². The summed E-state index contributed by atoms with van der Waals surface area (Å²) in [7, 11) is 0. The number of rotatable bonds is 3. The summed E-state index contributed by atoms with van der Waals surface area (Å²) in [5, 5.41) is 11.0. The first-order chi connectivity index (χ1) is 18.3. The van der Waals surface area contributed by atoms with Crippen LogP contribution >= 0.6 is 0 Å². The van der Waals surface area contributed by atoms with Crippen molar-refractivity contribution >= 4 is 37.9 Å². The van der Waals surface area contributed by atoms with Crippen LogP contribution in [0.3, 0.4) is 0 Å². The van der Waals surface area contributed by atoms with Crippen LogP contribution < -0.4 is 5.32 Å². The van der Waals surface area contributed by atoms with Gasteiger partial charge in [0.2, 0.25) is 0 Å². The van der Waals surface area contributed by atoms with Crippen molar-refractivity contribution in [3.8, 4) is 22.3 Å². The van der Waals surface area contributed by atoms with E-state index in [-0.39, 0.29) is 0 Å². The summed E-state index contributed by atoms with van der Waals surface area (Å²) in [5.74, 6) is 0. The van der Waals surface area contributed by atoms with Gasteiger partial charge in [-0.05, 0) is 84.8 Å². The van der Waals surface area contributed by atoms with Crippen molar-refractivity contribution in [2.75, 3.05) is 6.54 Å². The van der Waals surface area contributed by atoms with Gasteiger partial charge in [0.15, 0.2) is 0 Å². The molecule has 0 aliphatic carbocycles. The lowest BCUT2D eigenvalue weighted by Crippen LogP contribution is -2.08. The zero-order valence-corrected chi connectivity index (χ0v) is 20.8. The van der Waals surface area contributed by atoms with E-state index in [1.165, 1.54) is 71.3 Å². The van der Waals surface area contributed by atoms with E-state index in [9.17, 15) is 0 Å². The van der Waals surface area contributed by atoms with Crippen molar-refractivity contribution in [3.63, 3.8) is 0 Å². The molecule has 0 atom stereocenters. The summed E-state index contributed by atoms with van der Waals surface area (Å²) in [6.45, 7) is 3.06. The Morgan fingerprint density at radius 3 is 1.73 bits per heavy atom. The maximum absolute atomic E-state index is 3.33. The van der Waals surface area contributed by atoms with E-state index in [2.05, 4.69) is 140 Å². The van der Waals surface area contributed by atoms with Crippen molar-refractivity contribution in [2.45, 2.75) is 6.92 Å². The van der Waals surface area contributed by atoms with Crippen LogP contribution in [0.1, 0.15) is 11.1 Å². The molecule has 1 heterocycles. The summed E-state index contributed by atoms with van der Waals surface area (Å²) in [6.07, 6.45) is 6.48. The van der Waals surface area contributed by atoms with Gasteiger partial charge >= 0.3 is 0 Å². The lowest BCUT2D eigenvalue weighted by atomic mass is 9.85. The standard InChI is InChI=1S/C36H27N/c1-24-8-6-9-27(20-24)35-31-11-2-4-13-33(31)36(34-14-5-3-12-32(34)35)28-18-16-25-15-17-26(21-30(25)22-28)29-10-7-19-37-23-29/h2-18,20-23,37H,19H2,1H3. The zero-order chi connectivity index (χ0) is 24.8. The fourth-order valence-electron chi connectivity index (χ4n) is 5.78. The van der Waals surface area contributed by atoms with Crippen LogP contribution in [0.15, 0.2) is 128 Å². The Labute approximate surface area is 217 Å². The Kier molecular flexibility index (Phi) is 5.15. The molecule has 0 bridgehead atoms. The molecule has 0 aromatic heterocycles. The number of aryl methyl sites for hydroxylation is 1. The Morgan fingerprint density at radius 1 is 0.541 bits per heavy atom. The number of fused-ring (bicyclic) bond motifs is 3. The summed E-state index contributed by atoms with van der Waals surface area (Å²) in [5.41, 5.74) is 8.86. The van der Waals surface area contributed by atoms with Crippen molar-refractivity contribution in [1.82, 2.24) is 5.32 Å². The van der Waals surface area contributed by atoms with Crippen molar-refractivity contribution < 1.29 is 0 Å². The largest absolute Gasteiger partial charge is 0.387 e. The molecule has 0 unspecified atom stereocenters. The molecule has 1 nitrogen and oxygen atoms in total. The third-order valence-electron chi connectivity index (χ3n) is 7.49. The van der Waals surface area contributed by atoms with Gasteiger partial charge in [-0.3, -0.25) is 0 Å². The maximum Gasteiger partial charge on any atom is 0.0328 e. The molecule has 7 rings (SSSR count). The van der Waals surface area contributed by atoms with Gasteiger partial charge in [-0.15, -0.1) is 0 Å². The molecule has 0 saturated heterocycles. The van der Waals surface area contributed by atoms with E-state index in [4.69, 9.17) is 0 Å². The fourth-order valence-corrected chi connectivity index (χ4v) is 5.78. The fraction of sp³-hybridized carbons (Fsp3) is 0.0556. The molecule has 0 amide bonds. The highest BCUT2D eigenvalue weighted by molar-refractivity contribution is 6.21. The van der Waals surface area contributed by atoms with Crippen LogP contribution in [-0.2, 0) is 0 Å². The molecule has 1 aliphatic heterocycles. The molecule has 0 fully saturated rings. The number of hydrogen-bond donors (Lipinski definition) is 1. The van der Waals surface area contributed by atoms with E-state index < -0.39 is 0 Å². The number of allylic oxidation sites excluding steroid dienone is 2. The van der Waals surface area contributed by atoms with Crippen molar-refractivity contribution in [1.29, 1.82) is 0 Å². The smallest absolute Gasteiger partial charge is 0.0328 e. The molecule has 6 aromatic carbocycles. The summed E-state index contributed by atoms with van der Waals surface area (Å²) in [4.78, 5) is 0. The Balaban J connectivity index is 1.52. The minimum Gasteiger partial charge on any atom is -0.387 e. The Morgan fingerprint density at radius 2 is 1.14 bits per heavy atom. The SMILES string of the molecule is Cc1cccc(-c2c3ccccc3c(-c3ccc4ccc(C5=CNCC=C5)cc4c3)c3ccccc23)c1. The lowest BCUT2D eigenvalue weighted by Gasteiger charge is -2.18. The third-order valence-corrected chi connectivity index (χ3v) is 7.49. The second-order valence-electron chi connectivity index (χ2n) is 9.90. The highest BCUT2D eigenvalue weighted by Gasteiger charge is 2.16. The molecule has 6 aromatic rings. The predicted molar refractivity (Wildman–Crippen MR) is 160 cm³/mol. The highest BCUT2D eigenvalue weighted by atomic mass is 14.8. The van der Waals surface area contributed by atoms with Gasteiger partial charge in [0.05, 0.1) is 0 Å². The molecule has 0 saturated carbocycles. The molecule has 1 heteroatoms. The van der Waals surface area contributed by atoms with Gasteiger partial charge in [-0.25, -0.2) is 0 Å². The molecule has 0 spiro atoms. The monoisotopic (exact) mass is 473 g/mol. The van der Waals surface area contributed by atoms with Crippen LogP contribution in [0.2, 0.25) is 0 Å². The average Bonchev–Trinajstić information content (AvgIpc) is 2.95. The number of dihydropyridines is 1. The minimum absolute atomic E-state index is 0.889. The lowest BCUT2D eigenvalue weighted by molar-refractivity contribution is 0.977. The molecule has 1 N–H and O–H groups in total. The highest BCUT2D eigenvalue weighted by Crippen LogP contribution is 2.44. The average molecular weight is 474 g/mol.